The number of carbonyl (C=O) groups excluding carboxylic acids is 1. The molecule has 0 saturated heterocycles. The summed E-state index contributed by atoms with van der Waals surface area (Å²) in [6, 6.07) is 5.08. The molecule has 0 spiro atoms. The van der Waals surface area contributed by atoms with Crippen molar-refractivity contribution in [1.29, 1.82) is 0 Å². The first-order valence-corrected chi connectivity index (χ1v) is 8.83. The van der Waals surface area contributed by atoms with Crippen LogP contribution in [0.5, 0.6) is 0 Å². The lowest BCUT2D eigenvalue weighted by molar-refractivity contribution is -0.119. The smallest absolute Gasteiger partial charge is 0.356 e. The summed E-state index contributed by atoms with van der Waals surface area (Å²) in [5, 5.41) is 19.7. The summed E-state index contributed by atoms with van der Waals surface area (Å²) in [7, 11) is 0. The average molecular weight is 357 g/mol. The third kappa shape index (κ3) is 3.75. The van der Waals surface area contributed by atoms with Crippen LogP contribution in [0, 0.1) is 5.92 Å². The molecule has 1 aliphatic heterocycles. The maximum absolute atomic E-state index is 12.5. The van der Waals surface area contributed by atoms with Crippen molar-refractivity contribution in [3.8, 4) is 5.69 Å². The quantitative estimate of drug-likeness (QED) is 0.778. The van der Waals surface area contributed by atoms with Crippen LogP contribution in [0.2, 0.25) is 0 Å². The van der Waals surface area contributed by atoms with Gasteiger partial charge in [0.25, 0.3) is 0 Å². The first-order chi connectivity index (χ1) is 12.5. The summed E-state index contributed by atoms with van der Waals surface area (Å²) < 4.78 is 1.45. The molecule has 0 saturated carbocycles. The lowest BCUT2D eigenvalue weighted by Crippen LogP contribution is -2.25. The Morgan fingerprint density at radius 2 is 2.23 bits per heavy atom. The third-order valence-electron chi connectivity index (χ3n) is 4.57. The van der Waals surface area contributed by atoms with Crippen LogP contribution in [0.3, 0.4) is 0 Å². The van der Waals surface area contributed by atoms with E-state index in [0.717, 1.165) is 31.5 Å². The summed E-state index contributed by atoms with van der Waals surface area (Å²) in [5.41, 5.74) is 1.42. The van der Waals surface area contributed by atoms with Crippen molar-refractivity contribution in [1.82, 2.24) is 20.1 Å². The van der Waals surface area contributed by atoms with Gasteiger partial charge in [-0.15, -0.1) is 0 Å². The van der Waals surface area contributed by atoms with Crippen LogP contribution in [0.25, 0.3) is 5.69 Å². The number of fused-ring (bicyclic) bond motifs is 4. The van der Waals surface area contributed by atoms with E-state index in [2.05, 4.69) is 20.7 Å². The molecule has 8 nitrogen and oxygen atoms in total. The zero-order chi connectivity index (χ0) is 18.7. The molecule has 138 valence electrons. The minimum Gasteiger partial charge on any atom is -0.476 e. The molecule has 2 bridgehead atoms. The Hall–Kier alpha value is -2.74. The second-order valence-corrected chi connectivity index (χ2v) is 6.50. The molecule has 1 amide bonds. The van der Waals surface area contributed by atoms with Gasteiger partial charge in [-0.1, -0.05) is 20.3 Å². The predicted octanol–water partition coefficient (Wildman–Crippen LogP) is 2.37. The predicted molar refractivity (Wildman–Crippen MR) is 96.4 cm³/mol. The molecule has 2 aromatic heterocycles. The van der Waals surface area contributed by atoms with Gasteiger partial charge in [0, 0.05) is 24.2 Å². The van der Waals surface area contributed by atoms with Gasteiger partial charge in [0.05, 0.1) is 11.4 Å². The van der Waals surface area contributed by atoms with Crippen molar-refractivity contribution in [2.24, 2.45) is 5.92 Å². The number of carbonyl (C=O) groups is 2. The highest BCUT2D eigenvalue weighted by Crippen LogP contribution is 2.25. The molecule has 3 rings (SSSR count). The van der Waals surface area contributed by atoms with Gasteiger partial charge in [-0.3, -0.25) is 9.78 Å². The molecule has 0 radical (unpaired) electrons. The normalized spacial score (nSPS) is 20.5. The highest BCUT2D eigenvalue weighted by Gasteiger charge is 2.22. The highest BCUT2D eigenvalue weighted by molar-refractivity contribution is 5.93. The number of carboxylic acids is 1. The van der Waals surface area contributed by atoms with E-state index in [-0.39, 0.29) is 23.6 Å². The number of hydrogen-bond acceptors (Lipinski definition) is 5. The van der Waals surface area contributed by atoms with E-state index in [9.17, 15) is 14.7 Å². The monoisotopic (exact) mass is 357 g/mol. The highest BCUT2D eigenvalue weighted by atomic mass is 16.4. The second-order valence-electron chi connectivity index (χ2n) is 6.50. The summed E-state index contributed by atoms with van der Waals surface area (Å²) in [4.78, 5) is 28.3. The average Bonchev–Trinajstić information content (AvgIpc) is 3.04. The molecule has 3 heterocycles. The molecule has 2 aromatic rings. The number of rotatable bonds is 3. The van der Waals surface area contributed by atoms with Crippen LogP contribution < -0.4 is 10.6 Å². The maximum atomic E-state index is 12.5. The van der Waals surface area contributed by atoms with E-state index >= 15 is 0 Å². The Balaban J connectivity index is 2.10. The summed E-state index contributed by atoms with van der Waals surface area (Å²) in [6.07, 6.45) is 4.18. The van der Waals surface area contributed by atoms with Gasteiger partial charge in [0.15, 0.2) is 5.69 Å². The maximum Gasteiger partial charge on any atom is 0.356 e. The summed E-state index contributed by atoms with van der Waals surface area (Å²) in [5.74, 6) is -1.12. The molecular formula is C18H23N5O3. The van der Waals surface area contributed by atoms with Gasteiger partial charge >= 0.3 is 5.97 Å². The molecular weight excluding hydrogens is 334 g/mol. The standard InChI is InChI=1S/C18H23N5O3/c1-3-19-13-6-4-5-11(2)17(24)21-16-10-15(18(25)26)22-23(16)12-7-8-20-14(13)9-12/h7-11,13,19H,3-6H2,1-2H3,(H,21,24)(H,25,26)/t11-,13+/m1/s1. The lowest BCUT2D eigenvalue weighted by atomic mass is 9.98. The lowest BCUT2D eigenvalue weighted by Gasteiger charge is -2.21. The molecule has 0 aliphatic carbocycles. The Morgan fingerprint density at radius 3 is 2.96 bits per heavy atom. The number of hydrogen-bond donors (Lipinski definition) is 3. The van der Waals surface area contributed by atoms with Crippen molar-refractivity contribution < 1.29 is 14.7 Å². The van der Waals surface area contributed by atoms with E-state index in [0.29, 0.717) is 11.5 Å². The van der Waals surface area contributed by atoms with Crippen LogP contribution in [0.15, 0.2) is 24.4 Å². The largest absolute Gasteiger partial charge is 0.476 e. The van der Waals surface area contributed by atoms with Crippen LogP contribution in [-0.2, 0) is 4.79 Å². The van der Waals surface area contributed by atoms with Crippen molar-refractivity contribution in [3.05, 3.63) is 35.8 Å². The topological polar surface area (TPSA) is 109 Å². The van der Waals surface area contributed by atoms with Crippen LogP contribution in [0.4, 0.5) is 5.82 Å². The van der Waals surface area contributed by atoms with Gasteiger partial charge in [-0.2, -0.15) is 5.10 Å². The van der Waals surface area contributed by atoms with Crippen molar-refractivity contribution in [2.45, 2.75) is 39.2 Å². The molecule has 0 aromatic carbocycles. The molecule has 8 heteroatoms. The number of amides is 1. The first kappa shape index (κ1) is 18.1. The minimum atomic E-state index is -1.14. The second kappa shape index (κ2) is 7.65. The zero-order valence-corrected chi connectivity index (χ0v) is 14.9. The van der Waals surface area contributed by atoms with Crippen molar-refractivity contribution >= 4 is 17.7 Å². The van der Waals surface area contributed by atoms with Gasteiger partial charge < -0.3 is 15.7 Å². The molecule has 3 N–H and O–H groups in total. The number of aromatic carboxylic acids is 1. The number of pyridine rings is 1. The van der Waals surface area contributed by atoms with E-state index in [1.165, 1.54) is 10.7 Å². The zero-order valence-electron chi connectivity index (χ0n) is 14.9. The number of aromatic nitrogens is 3. The van der Waals surface area contributed by atoms with Crippen LogP contribution >= 0.6 is 0 Å². The van der Waals surface area contributed by atoms with Gasteiger partial charge in [0.2, 0.25) is 5.91 Å². The van der Waals surface area contributed by atoms with E-state index in [4.69, 9.17) is 0 Å². The minimum absolute atomic E-state index is 0.0765. The van der Waals surface area contributed by atoms with Crippen LogP contribution in [0.1, 0.15) is 55.3 Å². The summed E-state index contributed by atoms with van der Waals surface area (Å²) in [6.45, 7) is 4.73. The fourth-order valence-electron chi connectivity index (χ4n) is 3.14. The Morgan fingerprint density at radius 1 is 1.42 bits per heavy atom. The van der Waals surface area contributed by atoms with Crippen LogP contribution in [-0.4, -0.2) is 38.3 Å². The third-order valence-corrected chi connectivity index (χ3v) is 4.57. The number of nitrogens with zero attached hydrogens (tertiary/aromatic N) is 3. The number of carboxylic acid groups (broad SMARTS) is 1. The SMILES string of the molecule is CCN[C@H]1CCC[C@@H](C)C(=O)Nc2cc(C(=O)O)nn2-c2ccnc1c2. The Kier molecular flexibility index (Phi) is 5.32. The fourth-order valence-corrected chi connectivity index (χ4v) is 3.14. The van der Waals surface area contributed by atoms with Gasteiger partial charge in [-0.05, 0) is 31.5 Å². The summed E-state index contributed by atoms with van der Waals surface area (Å²) >= 11 is 0. The van der Waals surface area contributed by atoms with Gasteiger partial charge in [-0.25, -0.2) is 9.48 Å². The van der Waals surface area contributed by atoms with Crippen molar-refractivity contribution in [3.63, 3.8) is 0 Å². The Bertz CT molecular complexity index is 817. The number of nitrogens with one attached hydrogen (secondary N) is 2. The molecule has 1 aliphatic rings. The molecule has 26 heavy (non-hydrogen) atoms. The van der Waals surface area contributed by atoms with E-state index in [1.807, 2.05) is 19.9 Å². The molecule has 0 unspecified atom stereocenters. The Labute approximate surface area is 151 Å². The molecule has 2 atom stereocenters. The van der Waals surface area contributed by atoms with Crippen molar-refractivity contribution in [2.75, 3.05) is 11.9 Å². The fraction of sp³-hybridized carbons (Fsp3) is 0.444. The van der Waals surface area contributed by atoms with E-state index < -0.39 is 5.97 Å². The number of anilines is 1. The molecule has 0 fully saturated rings. The first-order valence-electron chi connectivity index (χ1n) is 8.83. The van der Waals surface area contributed by atoms with Gasteiger partial charge in [0.1, 0.15) is 5.82 Å². The van der Waals surface area contributed by atoms with E-state index in [1.54, 1.807) is 12.3 Å².